The van der Waals surface area contributed by atoms with Gasteiger partial charge in [-0.2, -0.15) is 18.0 Å². The molecule has 5 aromatic rings. The minimum absolute atomic E-state index is 0.00275. The zero-order valence-electron chi connectivity index (χ0n) is 38.4. The number of piperidine rings is 2. The summed E-state index contributed by atoms with van der Waals surface area (Å²) in [7, 11) is -4.25. The van der Waals surface area contributed by atoms with Gasteiger partial charge in [-0.15, -0.1) is 0 Å². The van der Waals surface area contributed by atoms with Crippen LogP contribution in [0.15, 0.2) is 78.0 Å². The van der Waals surface area contributed by atoms with E-state index in [0.29, 0.717) is 17.1 Å². The normalized spacial score (nSPS) is 20.4. The number of alkyl halides is 1. The number of ether oxygens (including phenoxy) is 1. The van der Waals surface area contributed by atoms with Crippen molar-refractivity contribution in [2.75, 3.05) is 73.4 Å². The molecule has 1 unspecified atom stereocenters. The van der Waals surface area contributed by atoms with E-state index >= 15 is 4.39 Å². The second-order valence-electron chi connectivity index (χ2n) is 18.4. The Hall–Kier alpha value is -7.35. The molecule has 4 saturated heterocycles. The number of amides is 4. The lowest BCUT2D eigenvalue weighted by molar-refractivity contribution is -0.136. The van der Waals surface area contributed by atoms with E-state index in [2.05, 4.69) is 29.7 Å². The molecule has 368 valence electrons. The van der Waals surface area contributed by atoms with E-state index in [0.717, 1.165) is 104 Å². The zero-order valence-corrected chi connectivity index (χ0v) is 39.2. The van der Waals surface area contributed by atoms with E-state index < -0.39 is 68.7 Å². The molecule has 10 rings (SSSR count). The summed E-state index contributed by atoms with van der Waals surface area (Å²) in [6.07, 6.45) is 6.14. The number of nitriles is 1. The molecular weight excluding hydrogens is 941 g/mol. The van der Waals surface area contributed by atoms with Gasteiger partial charge in [-0.25, -0.2) is 18.7 Å². The molecule has 0 bridgehead atoms. The molecule has 2 N–H and O–H groups in total. The van der Waals surface area contributed by atoms with Crippen LogP contribution in [0.4, 0.5) is 26.0 Å². The Morgan fingerprint density at radius 3 is 2.32 bits per heavy atom. The fourth-order valence-corrected chi connectivity index (χ4v) is 11.4. The third-order valence-corrected chi connectivity index (χ3v) is 15.5. The van der Waals surface area contributed by atoms with Crippen LogP contribution in [-0.4, -0.2) is 132 Å². The summed E-state index contributed by atoms with van der Waals surface area (Å²) in [6.45, 7) is 5.56. The van der Waals surface area contributed by atoms with Crippen molar-refractivity contribution < 1.29 is 41.1 Å². The molecule has 5 aliphatic heterocycles. The van der Waals surface area contributed by atoms with Crippen LogP contribution in [0.5, 0.6) is 11.5 Å². The number of anilines is 3. The number of aromatic nitrogens is 3. The van der Waals surface area contributed by atoms with Gasteiger partial charge in [-0.3, -0.25) is 48.4 Å². The number of pyridine rings is 1. The number of imide groups is 2. The predicted molar refractivity (Wildman–Crippen MR) is 256 cm³/mol. The molecule has 0 radical (unpaired) electrons. The molecular formula is C49H49F2N11O8S. The number of piperazine rings is 1. The van der Waals surface area contributed by atoms with Gasteiger partial charge in [0, 0.05) is 64.5 Å². The topological polar surface area (TPSA) is 223 Å². The first-order valence-electron chi connectivity index (χ1n) is 23.6. The largest absolute Gasteiger partial charge is 0.453 e. The summed E-state index contributed by atoms with van der Waals surface area (Å²) < 4.78 is 65.1. The molecule has 0 spiro atoms. The van der Waals surface area contributed by atoms with Gasteiger partial charge in [0.1, 0.15) is 41.7 Å². The first-order chi connectivity index (χ1) is 34.2. The number of halogens is 2. The number of rotatable bonds is 13. The highest BCUT2D eigenvalue weighted by molar-refractivity contribution is 7.90. The molecule has 2 aromatic heterocycles. The van der Waals surface area contributed by atoms with Crippen molar-refractivity contribution in [3.8, 4) is 23.3 Å². The van der Waals surface area contributed by atoms with Crippen molar-refractivity contribution in [1.29, 1.82) is 5.26 Å². The van der Waals surface area contributed by atoms with Gasteiger partial charge < -0.3 is 14.5 Å². The summed E-state index contributed by atoms with van der Waals surface area (Å²) in [5.74, 6) is -2.19. The highest BCUT2D eigenvalue weighted by Gasteiger charge is 2.45. The average Bonchev–Trinajstić information content (AvgIpc) is 3.93. The number of hydrogen-bond acceptors (Lipinski definition) is 14. The molecule has 5 aliphatic rings. The Morgan fingerprint density at radius 1 is 0.831 bits per heavy atom. The van der Waals surface area contributed by atoms with Gasteiger partial charge in [-0.1, -0.05) is 0 Å². The van der Waals surface area contributed by atoms with Gasteiger partial charge in [0.25, 0.3) is 17.4 Å². The van der Waals surface area contributed by atoms with Gasteiger partial charge in [0.15, 0.2) is 11.6 Å². The lowest BCUT2D eigenvalue weighted by Crippen LogP contribution is -2.54. The third kappa shape index (κ3) is 9.51. The summed E-state index contributed by atoms with van der Waals surface area (Å²) in [4.78, 5) is 81.4. The molecule has 3 aromatic carbocycles. The van der Waals surface area contributed by atoms with Crippen molar-refractivity contribution >= 4 is 61.9 Å². The number of nitrogens with zero attached hydrogens (tertiary/aromatic N) is 9. The number of carbonyl (C=O) groups is 4. The number of fused-ring (bicyclic) bond motifs is 2. The van der Waals surface area contributed by atoms with Crippen LogP contribution in [0.1, 0.15) is 71.2 Å². The van der Waals surface area contributed by atoms with Crippen LogP contribution < -0.4 is 30.1 Å². The molecule has 4 amide bonds. The molecule has 2 atom stereocenters. The maximum absolute atomic E-state index is 15.2. The molecule has 7 heterocycles. The van der Waals surface area contributed by atoms with Gasteiger partial charge >= 0.3 is 10.2 Å². The van der Waals surface area contributed by atoms with E-state index in [9.17, 15) is 42.0 Å². The van der Waals surface area contributed by atoms with E-state index in [-0.39, 0.29) is 60.3 Å². The van der Waals surface area contributed by atoms with Crippen LogP contribution in [0.25, 0.3) is 16.6 Å². The van der Waals surface area contributed by atoms with Crippen LogP contribution in [0.2, 0.25) is 0 Å². The van der Waals surface area contributed by atoms with Crippen molar-refractivity contribution in [3.05, 3.63) is 106 Å². The van der Waals surface area contributed by atoms with Crippen molar-refractivity contribution in [3.63, 3.8) is 0 Å². The van der Waals surface area contributed by atoms with E-state index in [1.165, 1.54) is 29.1 Å². The summed E-state index contributed by atoms with van der Waals surface area (Å²) in [5.41, 5.74) is 1.08. The summed E-state index contributed by atoms with van der Waals surface area (Å²) in [5, 5.41) is 12.3. The zero-order chi connectivity index (χ0) is 49.6. The van der Waals surface area contributed by atoms with E-state index in [1.807, 2.05) is 12.1 Å². The van der Waals surface area contributed by atoms with Gasteiger partial charge in [0.2, 0.25) is 11.8 Å². The van der Waals surface area contributed by atoms with Crippen molar-refractivity contribution in [2.45, 2.75) is 57.2 Å². The highest BCUT2D eigenvalue weighted by atomic mass is 32.2. The fraction of sp³-hybridized carbons (Fsp3) is 0.388. The lowest BCUT2D eigenvalue weighted by atomic mass is 9.92. The lowest BCUT2D eigenvalue weighted by Gasteiger charge is -2.37. The smallest absolute Gasteiger partial charge is 0.301 e. The molecule has 19 nitrogen and oxygen atoms in total. The number of hydrogen-bond donors (Lipinski definition) is 2. The second-order valence-corrected chi connectivity index (χ2v) is 20.1. The van der Waals surface area contributed by atoms with Crippen LogP contribution in [0, 0.1) is 23.1 Å². The number of carbonyl (C=O) groups excluding carboxylic acids is 4. The maximum Gasteiger partial charge on any atom is 0.301 e. The van der Waals surface area contributed by atoms with E-state index in [1.54, 1.807) is 30.5 Å². The maximum atomic E-state index is 15.2. The van der Waals surface area contributed by atoms with Gasteiger partial charge in [0.05, 0.1) is 39.6 Å². The second kappa shape index (κ2) is 19.4. The van der Waals surface area contributed by atoms with Gasteiger partial charge in [-0.05, 0) is 112 Å². The minimum atomic E-state index is -4.25. The summed E-state index contributed by atoms with van der Waals surface area (Å²) >= 11 is 0. The quantitative estimate of drug-likeness (QED) is 0.155. The Labute approximate surface area is 406 Å². The first kappa shape index (κ1) is 47.3. The summed E-state index contributed by atoms with van der Waals surface area (Å²) in [6, 6.07) is 16.1. The number of benzene rings is 3. The highest BCUT2D eigenvalue weighted by Crippen LogP contribution is 2.36. The molecule has 22 heteroatoms. The SMILES string of the molecule is N#Cc1c(NS(=O)(=O)N2CC[C@@H](F)C2)ccc(F)c1Oc1ccc2ncn(-c3ccc(N4CCC(CCCN5CCN(c6ccc7c(c6)C(=O)N(C6CCC(=O)NC6=O)C7=O)CC5)CC4)nc3)c(=O)c2c1. The van der Waals surface area contributed by atoms with Crippen LogP contribution >= 0.6 is 0 Å². The third-order valence-electron chi connectivity index (χ3n) is 14.0. The molecule has 4 fully saturated rings. The minimum Gasteiger partial charge on any atom is -0.453 e. The fourth-order valence-electron chi connectivity index (χ4n) is 10.1. The molecule has 0 saturated carbocycles. The Morgan fingerprint density at radius 2 is 1.61 bits per heavy atom. The van der Waals surface area contributed by atoms with Crippen LogP contribution in [-0.2, 0) is 19.8 Å². The Kier molecular flexibility index (Phi) is 13.0. The van der Waals surface area contributed by atoms with Crippen molar-refractivity contribution in [2.24, 2.45) is 5.92 Å². The predicted octanol–water partition coefficient (Wildman–Crippen LogP) is 4.50. The average molecular weight is 990 g/mol. The molecule has 0 aliphatic carbocycles. The van der Waals surface area contributed by atoms with E-state index in [4.69, 9.17) is 9.72 Å². The van der Waals surface area contributed by atoms with Crippen LogP contribution in [0.3, 0.4) is 0 Å². The van der Waals surface area contributed by atoms with Crippen molar-refractivity contribution in [1.82, 2.24) is 34.0 Å². The Balaban J connectivity index is 0.702. The Bertz CT molecular complexity index is 3170. The molecule has 71 heavy (non-hydrogen) atoms. The first-order valence-corrected chi connectivity index (χ1v) is 25.1. The number of nitrogens with one attached hydrogen (secondary N) is 2. The monoisotopic (exact) mass is 989 g/mol. The standard InChI is InChI=1S/C49H49F2N11O8S/c50-31-15-19-60(28-31)71(68,69)56-41-9-7-39(51)45(38(41)26-52)70-34-5-8-40-37(25-34)47(65)61(29-54-40)33-4-11-43(53-27-33)59-17-13-30(14-18-59)2-1-16-57-20-22-58(23-21-57)32-3-6-35-36(24-32)49(67)62(48(35)66)42-10-12-44(63)55-46(42)64/h3-9,11,24-25,27,29-31,42,56H,1-2,10,12-23,28H2,(H,55,63,64)/t31-,42?/m1/s1.